The van der Waals surface area contributed by atoms with Crippen molar-refractivity contribution in [2.24, 2.45) is 0 Å². The monoisotopic (exact) mass is 305 g/mol. The van der Waals surface area contributed by atoms with Crippen LogP contribution in [0.3, 0.4) is 0 Å². The minimum absolute atomic E-state index is 0.639. The zero-order chi connectivity index (χ0) is 15.9. The molecular formula is C19H19N3O. The highest BCUT2D eigenvalue weighted by molar-refractivity contribution is 5.37. The van der Waals surface area contributed by atoms with Crippen molar-refractivity contribution in [3.05, 3.63) is 83.8 Å². The number of ether oxygens (including phenoxy) is 1. The predicted molar refractivity (Wildman–Crippen MR) is 90.3 cm³/mol. The summed E-state index contributed by atoms with van der Waals surface area (Å²) in [5.74, 6) is 1.47. The molecule has 0 bridgehead atoms. The molecule has 1 aromatic carbocycles. The maximum absolute atomic E-state index is 5.98. The van der Waals surface area contributed by atoms with E-state index in [2.05, 4.69) is 15.3 Å². The summed E-state index contributed by atoms with van der Waals surface area (Å²) in [6.45, 7) is 3.47. The van der Waals surface area contributed by atoms with Gasteiger partial charge in [0.15, 0.2) is 0 Å². The Morgan fingerprint density at radius 3 is 2.65 bits per heavy atom. The molecule has 0 saturated carbocycles. The maximum Gasteiger partial charge on any atom is 0.223 e. The molecule has 3 aromatic rings. The van der Waals surface area contributed by atoms with E-state index in [0.29, 0.717) is 12.4 Å². The summed E-state index contributed by atoms with van der Waals surface area (Å²) in [5, 5.41) is 3.40. The van der Waals surface area contributed by atoms with Gasteiger partial charge in [-0.1, -0.05) is 30.3 Å². The zero-order valence-corrected chi connectivity index (χ0v) is 13.1. The molecule has 0 spiro atoms. The van der Waals surface area contributed by atoms with Crippen molar-refractivity contribution in [2.45, 2.75) is 20.0 Å². The number of aromatic nitrogens is 2. The molecule has 4 heteroatoms. The minimum Gasteiger partial charge on any atom is -0.438 e. The molecule has 0 amide bonds. The predicted octanol–water partition coefficient (Wildman–Crippen LogP) is 3.87. The molecule has 2 aromatic heterocycles. The summed E-state index contributed by atoms with van der Waals surface area (Å²) < 4.78 is 5.98. The van der Waals surface area contributed by atoms with Crippen LogP contribution in [0, 0.1) is 6.92 Å². The number of aryl methyl sites for hydroxylation is 1. The van der Waals surface area contributed by atoms with Gasteiger partial charge in [-0.15, -0.1) is 0 Å². The van der Waals surface area contributed by atoms with Crippen LogP contribution in [0.2, 0.25) is 0 Å². The topological polar surface area (TPSA) is 47.0 Å². The van der Waals surface area contributed by atoms with Crippen LogP contribution in [0.25, 0.3) is 0 Å². The molecule has 0 unspecified atom stereocenters. The first-order chi connectivity index (χ1) is 11.3. The van der Waals surface area contributed by atoms with Gasteiger partial charge in [0.2, 0.25) is 5.88 Å². The molecule has 0 radical (unpaired) electrons. The lowest BCUT2D eigenvalue weighted by molar-refractivity contribution is 0.449. The summed E-state index contributed by atoms with van der Waals surface area (Å²) in [5.41, 5.74) is 3.27. The zero-order valence-electron chi connectivity index (χ0n) is 13.1. The van der Waals surface area contributed by atoms with E-state index in [9.17, 15) is 0 Å². The molecule has 0 aliphatic rings. The van der Waals surface area contributed by atoms with E-state index in [4.69, 9.17) is 4.74 Å². The number of pyridine rings is 2. The SMILES string of the molecule is Cc1ccccc1Oc1ncccc1CNCc1cccnc1. The Kier molecular flexibility index (Phi) is 4.96. The summed E-state index contributed by atoms with van der Waals surface area (Å²) in [6.07, 6.45) is 5.39. The standard InChI is InChI=1S/C19H19N3O/c1-15-6-2-3-9-18(15)23-19-17(8-5-11-22-19)14-21-13-16-7-4-10-20-12-16/h2-12,21H,13-14H2,1H3. The molecule has 1 N–H and O–H groups in total. The number of nitrogens with one attached hydrogen (secondary N) is 1. The molecule has 4 nitrogen and oxygen atoms in total. The molecule has 116 valence electrons. The Morgan fingerprint density at radius 1 is 0.957 bits per heavy atom. The van der Waals surface area contributed by atoms with Gasteiger partial charge in [-0.05, 0) is 36.2 Å². The van der Waals surface area contributed by atoms with Gasteiger partial charge in [0, 0.05) is 37.2 Å². The Bertz CT molecular complexity index is 759. The van der Waals surface area contributed by atoms with E-state index in [1.54, 1.807) is 12.4 Å². The summed E-state index contributed by atoms with van der Waals surface area (Å²) in [6, 6.07) is 15.9. The van der Waals surface area contributed by atoms with Gasteiger partial charge in [0.1, 0.15) is 5.75 Å². The number of hydrogen-bond donors (Lipinski definition) is 1. The van der Waals surface area contributed by atoms with Crippen LogP contribution < -0.4 is 10.1 Å². The van der Waals surface area contributed by atoms with Gasteiger partial charge in [-0.3, -0.25) is 4.98 Å². The highest BCUT2D eigenvalue weighted by Crippen LogP contribution is 2.25. The fraction of sp³-hybridized carbons (Fsp3) is 0.158. The van der Waals surface area contributed by atoms with Crippen molar-refractivity contribution in [2.75, 3.05) is 0 Å². The molecule has 0 aliphatic carbocycles. The van der Waals surface area contributed by atoms with E-state index in [1.165, 1.54) is 0 Å². The summed E-state index contributed by atoms with van der Waals surface area (Å²) >= 11 is 0. The smallest absolute Gasteiger partial charge is 0.223 e. The minimum atomic E-state index is 0.639. The molecule has 0 fully saturated rings. The van der Waals surface area contributed by atoms with Crippen molar-refractivity contribution in [3.63, 3.8) is 0 Å². The first-order valence-corrected chi connectivity index (χ1v) is 7.60. The van der Waals surface area contributed by atoms with Crippen LogP contribution in [-0.4, -0.2) is 9.97 Å². The van der Waals surface area contributed by atoms with Gasteiger partial charge >= 0.3 is 0 Å². The van der Waals surface area contributed by atoms with Crippen molar-refractivity contribution < 1.29 is 4.74 Å². The lowest BCUT2D eigenvalue weighted by Gasteiger charge is -2.12. The fourth-order valence-corrected chi connectivity index (χ4v) is 2.27. The lowest BCUT2D eigenvalue weighted by Crippen LogP contribution is -2.13. The second-order valence-electron chi connectivity index (χ2n) is 5.30. The van der Waals surface area contributed by atoms with Gasteiger partial charge in [0.25, 0.3) is 0 Å². The third-order valence-corrected chi connectivity index (χ3v) is 3.52. The van der Waals surface area contributed by atoms with Crippen LogP contribution in [0.4, 0.5) is 0 Å². The summed E-state index contributed by atoms with van der Waals surface area (Å²) in [7, 11) is 0. The van der Waals surface area contributed by atoms with Crippen molar-refractivity contribution >= 4 is 0 Å². The van der Waals surface area contributed by atoms with Crippen LogP contribution in [0.15, 0.2) is 67.1 Å². The van der Waals surface area contributed by atoms with Crippen LogP contribution in [0.5, 0.6) is 11.6 Å². The number of nitrogens with zero attached hydrogens (tertiary/aromatic N) is 2. The van der Waals surface area contributed by atoms with E-state index < -0.39 is 0 Å². The molecule has 23 heavy (non-hydrogen) atoms. The maximum atomic E-state index is 5.98. The Labute approximate surface area is 136 Å². The fourth-order valence-electron chi connectivity index (χ4n) is 2.27. The highest BCUT2D eigenvalue weighted by atomic mass is 16.5. The van der Waals surface area contributed by atoms with Gasteiger partial charge in [-0.25, -0.2) is 4.98 Å². The van der Waals surface area contributed by atoms with E-state index >= 15 is 0 Å². The molecular weight excluding hydrogens is 286 g/mol. The Balaban J connectivity index is 1.67. The molecule has 2 heterocycles. The first-order valence-electron chi connectivity index (χ1n) is 7.60. The molecule has 0 atom stereocenters. The van der Waals surface area contributed by atoms with Crippen LogP contribution in [-0.2, 0) is 13.1 Å². The highest BCUT2D eigenvalue weighted by Gasteiger charge is 2.07. The van der Waals surface area contributed by atoms with Gasteiger partial charge < -0.3 is 10.1 Å². The number of benzene rings is 1. The average molecular weight is 305 g/mol. The van der Waals surface area contributed by atoms with Crippen molar-refractivity contribution in [1.29, 1.82) is 0 Å². The van der Waals surface area contributed by atoms with Crippen molar-refractivity contribution in [1.82, 2.24) is 15.3 Å². The summed E-state index contributed by atoms with van der Waals surface area (Å²) in [4.78, 5) is 8.48. The largest absolute Gasteiger partial charge is 0.438 e. The number of para-hydroxylation sites is 1. The third-order valence-electron chi connectivity index (χ3n) is 3.52. The third kappa shape index (κ3) is 4.14. The average Bonchev–Trinajstić information content (AvgIpc) is 2.59. The van der Waals surface area contributed by atoms with Crippen molar-refractivity contribution in [3.8, 4) is 11.6 Å². The number of hydrogen-bond acceptors (Lipinski definition) is 4. The Hall–Kier alpha value is -2.72. The van der Waals surface area contributed by atoms with Gasteiger partial charge in [-0.2, -0.15) is 0 Å². The Morgan fingerprint density at radius 2 is 1.83 bits per heavy atom. The normalized spacial score (nSPS) is 10.5. The lowest BCUT2D eigenvalue weighted by atomic mass is 10.2. The van der Waals surface area contributed by atoms with Crippen LogP contribution in [0.1, 0.15) is 16.7 Å². The molecule has 3 rings (SSSR count). The van der Waals surface area contributed by atoms with E-state index in [1.807, 2.05) is 61.7 Å². The quantitative estimate of drug-likeness (QED) is 0.751. The van der Waals surface area contributed by atoms with Crippen LogP contribution >= 0.6 is 0 Å². The first kappa shape index (κ1) is 15.2. The molecule has 0 aliphatic heterocycles. The molecule has 0 saturated heterocycles. The van der Waals surface area contributed by atoms with Gasteiger partial charge in [0.05, 0.1) is 0 Å². The second-order valence-corrected chi connectivity index (χ2v) is 5.30. The number of rotatable bonds is 6. The van der Waals surface area contributed by atoms with E-state index in [-0.39, 0.29) is 0 Å². The van der Waals surface area contributed by atoms with E-state index in [0.717, 1.165) is 29.0 Å². The second kappa shape index (κ2) is 7.51.